The van der Waals surface area contributed by atoms with Crippen LogP contribution in [0.15, 0.2) is 48.7 Å². The third-order valence-electron chi connectivity index (χ3n) is 5.35. The van der Waals surface area contributed by atoms with Gasteiger partial charge in [0.2, 0.25) is 0 Å². The van der Waals surface area contributed by atoms with Crippen LogP contribution in [0.5, 0.6) is 5.75 Å². The fraction of sp³-hybridized carbons (Fsp3) is 0.280. The number of benzene rings is 2. The minimum absolute atomic E-state index is 0.0553. The Morgan fingerprint density at radius 3 is 2.53 bits per heavy atom. The number of aromatic nitrogens is 1. The van der Waals surface area contributed by atoms with Gasteiger partial charge >= 0.3 is 0 Å². The molecular weight excluding hydrogens is 480 g/mol. The number of rotatable bonds is 9. The number of halogens is 3. The van der Waals surface area contributed by atoms with Crippen molar-refractivity contribution in [1.29, 1.82) is 0 Å². The van der Waals surface area contributed by atoms with Gasteiger partial charge in [-0.3, -0.25) is 4.79 Å². The summed E-state index contributed by atoms with van der Waals surface area (Å²) in [6.45, 7) is 4.13. The lowest BCUT2D eigenvalue weighted by atomic mass is 10.0. The molecule has 6 nitrogen and oxygen atoms in total. The second kappa shape index (κ2) is 11.5. The van der Waals surface area contributed by atoms with Gasteiger partial charge in [-0.15, -0.1) is 0 Å². The van der Waals surface area contributed by atoms with Gasteiger partial charge < -0.3 is 20.5 Å². The zero-order valence-electron chi connectivity index (χ0n) is 19.1. The normalized spacial score (nSPS) is 12.8. The summed E-state index contributed by atoms with van der Waals surface area (Å²) >= 11 is 12.3. The Hall–Kier alpha value is -2.87. The van der Waals surface area contributed by atoms with Gasteiger partial charge in [-0.2, -0.15) is 0 Å². The van der Waals surface area contributed by atoms with E-state index < -0.39 is 11.9 Å². The number of nitrogens with one attached hydrogen (secondary N) is 1. The minimum Gasteiger partial charge on any atom is -0.482 e. The highest BCUT2D eigenvalue weighted by molar-refractivity contribution is 6.36. The number of carbonyl (C=O) groups is 1. The van der Waals surface area contributed by atoms with E-state index in [1.54, 1.807) is 38.4 Å². The number of pyridine rings is 1. The topological polar surface area (TPSA) is 86.5 Å². The Labute approximate surface area is 208 Å². The zero-order chi connectivity index (χ0) is 24.8. The molecule has 3 aromatic rings. The molecule has 0 fully saturated rings. The molecular formula is C25H26Cl2FN3O3. The number of carbonyl (C=O) groups excluding carboxylic acids is 1. The van der Waals surface area contributed by atoms with E-state index in [1.807, 2.05) is 19.1 Å². The third kappa shape index (κ3) is 5.97. The highest BCUT2D eigenvalue weighted by Crippen LogP contribution is 2.37. The molecule has 0 saturated carbocycles. The van der Waals surface area contributed by atoms with Crippen LogP contribution in [0, 0.1) is 5.82 Å². The molecule has 3 rings (SSSR count). The summed E-state index contributed by atoms with van der Waals surface area (Å²) in [6.07, 6.45) is 1.69. The smallest absolute Gasteiger partial charge is 0.251 e. The molecule has 0 unspecified atom stereocenters. The van der Waals surface area contributed by atoms with Crippen molar-refractivity contribution in [2.45, 2.75) is 32.4 Å². The zero-order valence-corrected chi connectivity index (χ0v) is 20.6. The Kier molecular flexibility index (Phi) is 8.72. The van der Waals surface area contributed by atoms with Gasteiger partial charge in [-0.05, 0) is 49.2 Å². The van der Waals surface area contributed by atoms with Crippen molar-refractivity contribution in [3.63, 3.8) is 0 Å². The number of nitrogens with zero attached hydrogens (tertiary/aromatic N) is 1. The Morgan fingerprint density at radius 2 is 1.88 bits per heavy atom. The molecule has 1 heterocycles. The van der Waals surface area contributed by atoms with E-state index in [0.717, 1.165) is 17.5 Å². The SMILES string of the molecule is CC[C@@H](COC)NC(=O)c1ccc(-c2cnc(N)c(O[C@@H](C)c3c(Cl)ccc(F)c3Cl)c2)cc1. The van der Waals surface area contributed by atoms with Gasteiger partial charge in [0, 0.05) is 35.0 Å². The number of methoxy groups -OCH3 is 1. The summed E-state index contributed by atoms with van der Waals surface area (Å²) in [5, 5.41) is 3.13. The second-order valence-electron chi connectivity index (χ2n) is 7.74. The first-order chi connectivity index (χ1) is 16.2. The number of anilines is 1. The molecule has 1 aromatic heterocycles. The number of ether oxygens (including phenoxy) is 2. The second-order valence-corrected chi connectivity index (χ2v) is 8.52. The van der Waals surface area contributed by atoms with Crippen molar-refractivity contribution in [3.8, 4) is 16.9 Å². The van der Waals surface area contributed by atoms with Crippen LogP contribution < -0.4 is 15.8 Å². The standard InChI is InChI=1S/C25H26Cl2FN3O3/c1-4-18(13-33-3)31-25(32)16-7-5-15(6-8-16)17-11-21(24(29)30-12-17)34-14(2)22-19(26)9-10-20(28)23(22)27/h5-12,14,18H,4,13H2,1-3H3,(H2,29,30)(H,31,32)/t14-,18-/m0/s1. The molecule has 0 spiro atoms. The Bertz CT molecular complexity index is 1160. The van der Waals surface area contributed by atoms with Crippen molar-refractivity contribution in [2.24, 2.45) is 0 Å². The fourth-order valence-electron chi connectivity index (χ4n) is 3.42. The Balaban J connectivity index is 1.80. The largest absolute Gasteiger partial charge is 0.482 e. The molecule has 0 bridgehead atoms. The van der Waals surface area contributed by atoms with Crippen LogP contribution in [0.1, 0.15) is 42.3 Å². The van der Waals surface area contributed by atoms with Crippen molar-refractivity contribution in [3.05, 3.63) is 75.7 Å². The van der Waals surface area contributed by atoms with Gasteiger partial charge in [0.05, 0.1) is 17.7 Å². The van der Waals surface area contributed by atoms with Crippen LogP contribution >= 0.6 is 23.2 Å². The Morgan fingerprint density at radius 1 is 1.18 bits per heavy atom. The average Bonchev–Trinajstić information content (AvgIpc) is 2.83. The summed E-state index contributed by atoms with van der Waals surface area (Å²) in [7, 11) is 1.60. The van der Waals surface area contributed by atoms with E-state index in [1.165, 1.54) is 12.1 Å². The van der Waals surface area contributed by atoms with Crippen LogP contribution in [0.3, 0.4) is 0 Å². The summed E-state index contributed by atoms with van der Waals surface area (Å²) in [5.41, 5.74) is 8.40. The number of hydrogen-bond acceptors (Lipinski definition) is 5. The number of hydrogen-bond donors (Lipinski definition) is 2. The molecule has 34 heavy (non-hydrogen) atoms. The van der Waals surface area contributed by atoms with Gasteiger partial charge in [-0.25, -0.2) is 9.37 Å². The molecule has 0 aliphatic rings. The van der Waals surface area contributed by atoms with Crippen LogP contribution in [-0.4, -0.2) is 30.6 Å². The molecule has 0 aliphatic heterocycles. The van der Waals surface area contributed by atoms with Crippen LogP contribution in [0.4, 0.5) is 10.2 Å². The molecule has 0 radical (unpaired) electrons. The summed E-state index contributed by atoms with van der Waals surface area (Å²) < 4.78 is 25.0. The minimum atomic E-state index is -0.681. The van der Waals surface area contributed by atoms with E-state index in [2.05, 4.69) is 10.3 Å². The third-order valence-corrected chi connectivity index (χ3v) is 6.06. The number of amides is 1. The highest BCUT2D eigenvalue weighted by atomic mass is 35.5. The van der Waals surface area contributed by atoms with Gasteiger partial charge in [-0.1, -0.05) is 42.3 Å². The molecule has 0 aliphatic carbocycles. The molecule has 2 aromatic carbocycles. The maximum absolute atomic E-state index is 13.9. The molecule has 180 valence electrons. The number of nitrogen functional groups attached to an aromatic ring is 1. The predicted molar refractivity (Wildman–Crippen MR) is 133 cm³/mol. The van der Waals surface area contributed by atoms with Crippen molar-refractivity contribution < 1.29 is 18.7 Å². The lowest BCUT2D eigenvalue weighted by Crippen LogP contribution is -2.37. The highest BCUT2D eigenvalue weighted by Gasteiger charge is 2.20. The summed E-state index contributed by atoms with van der Waals surface area (Å²) in [5.74, 6) is -0.298. The lowest BCUT2D eigenvalue weighted by molar-refractivity contribution is 0.0894. The van der Waals surface area contributed by atoms with Crippen LogP contribution in [0.2, 0.25) is 10.0 Å². The first-order valence-corrected chi connectivity index (χ1v) is 11.5. The quantitative estimate of drug-likeness (QED) is 0.344. The lowest BCUT2D eigenvalue weighted by Gasteiger charge is -2.19. The maximum Gasteiger partial charge on any atom is 0.251 e. The first kappa shape index (κ1) is 25.7. The molecule has 2 atom stereocenters. The summed E-state index contributed by atoms with van der Waals surface area (Å²) in [6, 6.07) is 11.4. The summed E-state index contributed by atoms with van der Waals surface area (Å²) in [4.78, 5) is 16.7. The molecule has 0 saturated heterocycles. The number of nitrogens with two attached hydrogens (primary N) is 1. The van der Waals surface area contributed by atoms with E-state index in [9.17, 15) is 9.18 Å². The van der Waals surface area contributed by atoms with Crippen molar-refractivity contribution >= 4 is 34.9 Å². The first-order valence-electron chi connectivity index (χ1n) is 10.7. The van der Waals surface area contributed by atoms with Crippen molar-refractivity contribution in [1.82, 2.24) is 10.3 Å². The van der Waals surface area contributed by atoms with E-state index in [-0.39, 0.29) is 27.8 Å². The molecule has 3 N–H and O–H groups in total. The van der Waals surface area contributed by atoms with Gasteiger partial charge in [0.1, 0.15) is 11.9 Å². The average molecular weight is 506 g/mol. The van der Waals surface area contributed by atoms with E-state index in [0.29, 0.717) is 23.5 Å². The molecule has 1 amide bonds. The van der Waals surface area contributed by atoms with Crippen molar-refractivity contribution in [2.75, 3.05) is 19.5 Å². The van der Waals surface area contributed by atoms with E-state index >= 15 is 0 Å². The monoisotopic (exact) mass is 505 g/mol. The predicted octanol–water partition coefficient (Wildman–Crippen LogP) is 6.07. The van der Waals surface area contributed by atoms with Crippen LogP contribution in [-0.2, 0) is 4.74 Å². The molecule has 9 heteroatoms. The van der Waals surface area contributed by atoms with Crippen LogP contribution in [0.25, 0.3) is 11.1 Å². The van der Waals surface area contributed by atoms with Gasteiger partial charge in [0.15, 0.2) is 11.6 Å². The van der Waals surface area contributed by atoms with E-state index in [4.69, 9.17) is 38.4 Å². The fourth-order valence-corrected chi connectivity index (χ4v) is 4.10. The van der Waals surface area contributed by atoms with Gasteiger partial charge in [0.25, 0.3) is 5.91 Å². The maximum atomic E-state index is 13.9.